The van der Waals surface area contributed by atoms with Gasteiger partial charge in [0.15, 0.2) is 17.1 Å². The van der Waals surface area contributed by atoms with Crippen LogP contribution in [-0.4, -0.2) is 57.5 Å². The molecule has 1 amide bonds. The van der Waals surface area contributed by atoms with Crippen LogP contribution in [0.5, 0.6) is 5.75 Å². The average Bonchev–Trinajstić information content (AvgIpc) is 3.20. The molecule has 1 aromatic heterocycles. The first-order chi connectivity index (χ1) is 15.9. The van der Waals surface area contributed by atoms with Crippen molar-refractivity contribution in [3.63, 3.8) is 0 Å². The zero-order valence-corrected chi connectivity index (χ0v) is 20.0. The number of hydrogen-bond donors (Lipinski definition) is 0. The molecule has 4 rings (SSSR count). The maximum Gasteiger partial charge on any atom is 0.233 e. The molecule has 0 bridgehead atoms. The van der Waals surface area contributed by atoms with Crippen molar-refractivity contribution in [1.29, 1.82) is 0 Å². The highest BCUT2D eigenvalue weighted by atomic mass is 35.5. The van der Waals surface area contributed by atoms with Crippen molar-refractivity contribution in [2.45, 2.75) is 18.2 Å². The Labute approximate surface area is 201 Å². The van der Waals surface area contributed by atoms with Gasteiger partial charge in [-0.3, -0.25) is 4.79 Å². The number of thioether (sulfide) groups is 1. The highest BCUT2D eigenvalue weighted by molar-refractivity contribution is 7.99. The van der Waals surface area contributed by atoms with E-state index in [1.807, 2.05) is 35.6 Å². The van der Waals surface area contributed by atoms with Crippen molar-refractivity contribution < 1.29 is 13.9 Å². The molecule has 0 aliphatic carbocycles. The molecule has 2 heterocycles. The van der Waals surface area contributed by atoms with Gasteiger partial charge in [-0.2, -0.15) is 0 Å². The van der Waals surface area contributed by atoms with Crippen molar-refractivity contribution in [3.8, 4) is 5.75 Å². The molecule has 0 N–H and O–H groups in total. The predicted molar refractivity (Wildman–Crippen MR) is 127 cm³/mol. The maximum absolute atomic E-state index is 13.1. The van der Waals surface area contributed by atoms with E-state index in [-0.39, 0.29) is 23.6 Å². The van der Waals surface area contributed by atoms with Crippen LogP contribution < -0.4 is 9.64 Å². The molecular formula is C23H25ClFN5O2S. The summed E-state index contributed by atoms with van der Waals surface area (Å²) in [6.07, 6.45) is -0.355. The molecule has 33 heavy (non-hydrogen) atoms. The molecular weight excluding hydrogens is 465 g/mol. The summed E-state index contributed by atoms with van der Waals surface area (Å²) in [4.78, 5) is 16.7. The van der Waals surface area contributed by atoms with Gasteiger partial charge in [-0.1, -0.05) is 35.5 Å². The lowest BCUT2D eigenvalue weighted by atomic mass is 10.2. The molecule has 10 heteroatoms. The topological polar surface area (TPSA) is 63.5 Å². The third kappa shape index (κ3) is 5.59. The molecule has 1 fully saturated rings. The fourth-order valence-electron chi connectivity index (χ4n) is 3.67. The Bertz CT molecular complexity index is 1100. The van der Waals surface area contributed by atoms with Gasteiger partial charge in [-0.05, 0) is 43.3 Å². The van der Waals surface area contributed by atoms with Crippen molar-refractivity contribution in [2.24, 2.45) is 7.05 Å². The van der Waals surface area contributed by atoms with Crippen molar-refractivity contribution in [3.05, 3.63) is 65.2 Å². The number of nitrogens with zero attached hydrogens (tertiary/aromatic N) is 5. The molecule has 7 nitrogen and oxygen atoms in total. The van der Waals surface area contributed by atoms with Gasteiger partial charge in [-0.25, -0.2) is 4.39 Å². The van der Waals surface area contributed by atoms with E-state index in [1.54, 1.807) is 24.3 Å². The van der Waals surface area contributed by atoms with E-state index < -0.39 is 0 Å². The number of amides is 1. The Balaban J connectivity index is 1.29. The van der Waals surface area contributed by atoms with Crippen LogP contribution in [-0.2, 0) is 11.8 Å². The van der Waals surface area contributed by atoms with Crippen LogP contribution in [0.2, 0.25) is 5.02 Å². The number of carbonyl (C=O) groups excluding carboxylic acids is 1. The number of para-hydroxylation sites is 1. The molecule has 1 aliphatic heterocycles. The van der Waals surface area contributed by atoms with E-state index in [0.717, 1.165) is 5.69 Å². The number of hydrogen-bond acceptors (Lipinski definition) is 6. The van der Waals surface area contributed by atoms with Gasteiger partial charge in [0.05, 0.1) is 10.8 Å². The summed E-state index contributed by atoms with van der Waals surface area (Å²) in [5, 5.41) is 9.66. The largest absolute Gasteiger partial charge is 0.481 e. The monoisotopic (exact) mass is 489 g/mol. The van der Waals surface area contributed by atoms with Crippen LogP contribution in [0.4, 0.5) is 10.1 Å². The van der Waals surface area contributed by atoms with Crippen LogP contribution in [0.15, 0.2) is 53.7 Å². The lowest BCUT2D eigenvalue weighted by Gasteiger charge is -2.36. The first-order valence-electron chi connectivity index (χ1n) is 10.6. The Kier molecular flexibility index (Phi) is 7.39. The van der Waals surface area contributed by atoms with Crippen molar-refractivity contribution >= 4 is 35.0 Å². The van der Waals surface area contributed by atoms with Crippen LogP contribution in [0.25, 0.3) is 0 Å². The molecule has 0 spiro atoms. The number of piperazine rings is 1. The summed E-state index contributed by atoms with van der Waals surface area (Å²) in [5.41, 5.74) is 0.970. The molecule has 174 valence electrons. The Morgan fingerprint density at radius 2 is 1.82 bits per heavy atom. The zero-order valence-electron chi connectivity index (χ0n) is 18.4. The summed E-state index contributed by atoms with van der Waals surface area (Å²) in [7, 11) is 1.86. The van der Waals surface area contributed by atoms with E-state index in [9.17, 15) is 9.18 Å². The lowest BCUT2D eigenvalue weighted by molar-refractivity contribution is -0.128. The third-order valence-corrected chi connectivity index (χ3v) is 6.84. The Hall–Kier alpha value is -2.78. The standard InChI is InChI=1S/C23H25ClFN5O2S/c1-16(32-20-6-4-3-5-19(20)24)22-26-27-23(28(22)2)33-15-21(31)30-13-11-29(12-14-30)18-9-7-17(25)8-10-18/h3-10,16H,11-15H2,1-2H3. The molecule has 3 aromatic rings. The summed E-state index contributed by atoms with van der Waals surface area (Å²) in [5.74, 6) is 1.32. The Morgan fingerprint density at radius 3 is 2.52 bits per heavy atom. The number of halogens is 2. The first-order valence-corrected chi connectivity index (χ1v) is 12.0. The summed E-state index contributed by atoms with van der Waals surface area (Å²) in [6.45, 7) is 4.57. The number of ether oxygens (including phenoxy) is 1. The molecule has 1 aliphatic rings. The minimum Gasteiger partial charge on any atom is -0.481 e. The molecule has 2 aromatic carbocycles. The van der Waals surface area contributed by atoms with Crippen molar-refractivity contribution in [1.82, 2.24) is 19.7 Å². The van der Waals surface area contributed by atoms with Crippen LogP contribution >= 0.6 is 23.4 Å². The lowest BCUT2D eigenvalue weighted by Crippen LogP contribution is -2.49. The molecule has 1 unspecified atom stereocenters. The van der Waals surface area contributed by atoms with Crippen LogP contribution in [0.3, 0.4) is 0 Å². The smallest absolute Gasteiger partial charge is 0.233 e. The second-order valence-corrected chi connectivity index (χ2v) is 9.07. The minimum atomic E-state index is -0.355. The Morgan fingerprint density at radius 1 is 1.12 bits per heavy atom. The van der Waals surface area contributed by atoms with Crippen LogP contribution in [0.1, 0.15) is 18.9 Å². The van der Waals surface area contributed by atoms with E-state index in [4.69, 9.17) is 16.3 Å². The molecule has 1 atom stereocenters. The highest BCUT2D eigenvalue weighted by Crippen LogP contribution is 2.29. The van der Waals surface area contributed by atoms with Gasteiger partial charge >= 0.3 is 0 Å². The third-order valence-electron chi connectivity index (χ3n) is 5.52. The second-order valence-electron chi connectivity index (χ2n) is 7.72. The number of aromatic nitrogens is 3. The van der Waals surface area contributed by atoms with Gasteiger partial charge in [-0.15, -0.1) is 10.2 Å². The SMILES string of the molecule is CC(Oc1ccccc1Cl)c1nnc(SCC(=O)N2CCN(c3ccc(F)cc3)CC2)n1C. The van der Waals surface area contributed by atoms with Gasteiger partial charge in [0.2, 0.25) is 5.91 Å². The fourth-order valence-corrected chi connectivity index (χ4v) is 4.67. The summed E-state index contributed by atoms with van der Waals surface area (Å²) in [6, 6.07) is 13.7. The molecule has 0 radical (unpaired) electrons. The van der Waals surface area contributed by atoms with Gasteiger partial charge in [0.25, 0.3) is 0 Å². The number of anilines is 1. The fraction of sp³-hybridized carbons (Fsp3) is 0.348. The molecule has 1 saturated heterocycles. The van der Waals surface area contributed by atoms with E-state index in [1.165, 1.54) is 23.9 Å². The average molecular weight is 490 g/mol. The summed E-state index contributed by atoms with van der Waals surface area (Å²) < 4.78 is 20.9. The van der Waals surface area contributed by atoms with Gasteiger partial charge in [0.1, 0.15) is 11.6 Å². The zero-order chi connectivity index (χ0) is 23.4. The number of carbonyl (C=O) groups is 1. The first kappa shape index (κ1) is 23.4. The van der Waals surface area contributed by atoms with Gasteiger partial charge in [0, 0.05) is 38.9 Å². The number of benzene rings is 2. The molecule has 0 saturated carbocycles. The second kappa shape index (κ2) is 10.4. The van der Waals surface area contributed by atoms with E-state index in [0.29, 0.717) is 47.9 Å². The van der Waals surface area contributed by atoms with E-state index >= 15 is 0 Å². The number of rotatable bonds is 7. The predicted octanol–water partition coefficient (Wildman–Crippen LogP) is 4.19. The summed E-state index contributed by atoms with van der Waals surface area (Å²) >= 11 is 7.53. The quantitative estimate of drug-likeness (QED) is 0.464. The maximum atomic E-state index is 13.1. The van der Waals surface area contributed by atoms with Crippen LogP contribution in [0, 0.1) is 5.82 Å². The normalized spacial score (nSPS) is 14.9. The van der Waals surface area contributed by atoms with E-state index in [2.05, 4.69) is 15.1 Å². The highest BCUT2D eigenvalue weighted by Gasteiger charge is 2.23. The van der Waals surface area contributed by atoms with Gasteiger partial charge < -0.3 is 19.1 Å². The van der Waals surface area contributed by atoms with Crippen molar-refractivity contribution in [2.75, 3.05) is 36.8 Å². The minimum absolute atomic E-state index is 0.0590.